The predicted molar refractivity (Wildman–Crippen MR) is 112 cm³/mol. The Hall–Kier alpha value is -2.43. The number of para-hydroxylation sites is 1. The van der Waals surface area contributed by atoms with Gasteiger partial charge in [-0.15, -0.1) is 0 Å². The fraction of sp³-hybridized carbons (Fsp3) is 0.182. The smallest absolute Gasteiger partial charge is 0.166 e. The van der Waals surface area contributed by atoms with Crippen molar-refractivity contribution >= 4 is 28.9 Å². The molecule has 0 unspecified atom stereocenters. The van der Waals surface area contributed by atoms with Crippen molar-refractivity contribution in [3.8, 4) is 11.5 Å². The fourth-order valence-corrected chi connectivity index (χ4v) is 3.14. The van der Waals surface area contributed by atoms with Crippen LogP contribution in [-0.2, 0) is 13.2 Å². The minimum atomic E-state index is -0.406. The standard InChI is InChI=1S/C22H20Cl2FNO2/c1-14-9-10-16(11-19(14)24)26-12-15-5-3-8-21(27-2)22(15)28-13-17-18(23)6-4-7-20(17)25/h3-11,26H,12-13H2,1-2H3. The van der Waals surface area contributed by atoms with Gasteiger partial charge in [0.1, 0.15) is 12.4 Å². The number of benzene rings is 3. The van der Waals surface area contributed by atoms with Crippen LogP contribution in [0.25, 0.3) is 0 Å². The summed E-state index contributed by atoms with van der Waals surface area (Å²) in [5, 5.41) is 4.34. The zero-order valence-electron chi connectivity index (χ0n) is 15.6. The van der Waals surface area contributed by atoms with Crippen LogP contribution in [0.3, 0.4) is 0 Å². The predicted octanol–water partition coefficient (Wildman–Crippen LogP) is 6.64. The van der Waals surface area contributed by atoms with Crippen molar-refractivity contribution in [1.82, 2.24) is 0 Å². The van der Waals surface area contributed by atoms with E-state index in [0.29, 0.717) is 33.7 Å². The topological polar surface area (TPSA) is 30.5 Å². The molecular weight excluding hydrogens is 400 g/mol. The number of anilines is 1. The molecule has 3 aromatic rings. The molecule has 0 bridgehead atoms. The summed E-state index contributed by atoms with van der Waals surface area (Å²) in [5.41, 5.74) is 3.07. The number of nitrogens with one attached hydrogen (secondary N) is 1. The maximum absolute atomic E-state index is 14.1. The van der Waals surface area contributed by atoms with Crippen molar-refractivity contribution < 1.29 is 13.9 Å². The first-order chi connectivity index (χ1) is 13.5. The number of ether oxygens (including phenoxy) is 2. The summed E-state index contributed by atoms with van der Waals surface area (Å²) in [6.07, 6.45) is 0. The van der Waals surface area contributed by atoms with E-state index in [2.05, 4.69) is 5.32 Å². The molecule has 0 aliphatic heterocycles. The van der Waals surface area contributed by atoms with Crippen molar-refractivity contribution in [2.45, 2.75) is 20.1 Å². The van der Waals surface area contributed by atoms with E-state index < -0.39 is 5.82 Å². The lowest BCUT2D eigenvalue weighted by Gasteiger charge is -2.17. The quantitative estimate of drug-likeness (QED) is 0.465. The number of hydrogen-bond donors (Lipinski definition) is 1. The van der Waals surface area contributed by atoms with Gasteiger partial charge in [-0.25, -0.2) is 4.39 Å². The van der Waals surface area contributed by atoms with E-state index in [1.54, 1.807) is 25.3 Å². The number of rotatable bonds is 7. The van der Waals surface area contributed by atoms with Crippen LogP contribution in [0.1, 0.15) is 16.7 Å². The van der Waals surface area contributed by atoms with Crippen molar-refractivity contribution in [2.24, 2.45) is 0 Å². The van der Waals surface area contributed by atoms with E-state index in [4.69, 9.17) is 32.7 Å². The van der Waals surface area contributed by atoms with E-state index in [0.717, 1.165) is 16.8 Å². The first-order valence-electron chi connectivity index (χ1n) is 8.71. The molecule has 6 heteroatoms. The molecule has 0 saturated carbocycles. The molecule has 0 saturated heterocycles. The third-order valence-corrected chi connectivity index (χ3v) is 5.12. The summed E-state index contributed by atoms with van der Waals surface area (Å²) >= 11 is 12.3. The van der Waals surface area contributed by atoms with Gasteiger partial charge >= 0.3 is 0 Å². The van der Waals surface area contributed by atoms with E-state index in [1.807, 2.05) is 37.3 Å². The molecule has 0 fully saturated rings. The monoisotopic (exact) mass is 419 g/mol. The van der Waals surface area contributed by atoms with Gasteiger partial charge in [-0.3, -0.25) is 0 Å². The number of aryl methyl sites for hydroxylation is 1. The maximum Gasteiger partial charge on any atom is 0.166 e. The van der Waals surface area contributed by atoms with Gasteiger partial charge in [-0.1, -0.05) is 47.5 Å². The van der Waals surface area contributed by atoms with Gasteiger partial charge in [-0.2, -0.15) is 0 Å². The lowest BCUT2D eigenvalue weighted by molar-refractivity contribution is 0.277. The lowest BCUT2D eigenvalue weighted by Crippen LogP contribution is -2.06. The average Bonchev–Trinajstić information content (AvgIpc) is 2.68. The van der Waals surface area contributed by atoms with Gasteiger partial charge in [0.05, 0.1) is 12.1 Å². The Morgan fingerprint density at radius 3 is 2.50 bits per heavy atom. The summed E-state index contributed by atoms with van der Waals surface area (Å²) in [4.78, 5) is 0. The highest BCUT2D eigenvalue weighted by Crippen LogP contribution is 2.33. The molecule has 0 atom stereocenters. The molecular formula is C22H20Cl2FNO2. The third kappa shape index (κ3) is 4.70. The molecule has 3 rings (SSSR count). The second-order valence-electron chi connectivity index (χ2n) is 6.25. The van der Waals surface area contributed by atoms with Crippen molar-refractivity contribution in [1.29, 1.82) is 0 Å². The second kappa shape index (κ2) is 9.18. The van der Waals surface area contributed by atoms with Crippen LogP contribution in [0, 0.1) is 12.7 Å². The van der Waals surface area contributed by atoms with Crippen LogP contribution >= 0.6 is 23.2 Å². The first kappa shape index (κ1) is 20.3. The van der Waals surface area contributed by atoms with Crippen LogP contribution in [-0.4, -0.2) is 7.11 Å². The van der Waals surface area contributed by atoms with E-state index in [1.165, 1.54) is 6.07 Å². The maximum atomic E-state index is 14.1. The molecule has 0 heterocycles. The van der Waals surface area contributed by atoms with Gasteiger partial charge in [-0.05, 0) is 42.8 Å². The summed E-state index contributed by atoms with van der Waals surface area (Å²) in [6.45, 7) is 2.43. The van der Waals surface area contributed by atoms with Gasteiger partial charge in [0, 0.05) is 28.4 Å². The Morgan fingerprint density at radius 1 is 1.00 bits per heavy atom. The minimum absolute atomic E-state index is 0.00472. The number of halogens is 3. The Morgan fingerprint density at radius 2 is 1.79 bits per heavy atom. The highest BCUT2D eigenvalue weighted by atomic mass is 35.5. The van der Waals surface area contributed by atoms with Crippen LogP contribution in [0.2, 0.25) is 10.0 Å². The third-order valence-electron chi connectivity index (χ3n) is 4.36. The Kier molecular flexibility index (Phi) is 6.65. The van der Waals surface area contributed by atoms with Gasteiger partial charge in [0.2, 0.25) is 0 Å². The fourth-order valence-electron chi connectivity index (χ4n) is 2.74. The minimum Gasteiger partial charge on any atom is -0.493 e. The summed E-state index contributed by atoms with van der Waals surface area (Å²) in [7, 11) is 1.56. The zero-order valence-corrected chi connectivity index (χ0v) is 17.1. The van der Waals surface area contributed by atoms with Crippen molar-refractivity contribution in [3.05, 3.63) is 87.2 Å². The molecule has 1 N–H and O–H groups in total. The highest BCUT2D eigenvalue weighted by Gasteiger charge is 2.14. The Labute approximate surface area is 174 Å². The summed E-state index contributed by atoms with van der Waals surface area (Å²) in [5.74, 6) is 0.695. The van der Waals surface area contributed by atoms with Crippen molar-refractivity contribution in [3.63, 3.8) is 0 Å². The highest BCUT2D eigenvalue weighted by molar-refractivity contribution is 6.31. The molecule has 28 heavy (non-hydrogen) atoms. The van der Waals surface area contributed by atoms with E-state index in [9.17, 15) is 4.39 Å². The van der Waals surface area contributed by atoms with Crippen LogP contribution in [0.5, 0.6) is 11.5 Å². The zero-order chi connectivity index (χ0) is 20.1. The molecule has 0 radical (unpaired) electrons. The van der Waals surface area contributed by atoms with Gasteiger partial charge in [0.15, 0.2) is 11.5 Å². The summed E-state index contributed by atoms with van der Waals surface area (Å²) in [6, 6.07) is 15.9. The summed E-state index contributed by atoms with van der Waals surface area (Å²) < 4.78 is 25.4. The van der Waals surface area contributed by atoms with Crippen LogP contribution in [0.15, 0.2) is 54.6 Å². The normalized spacial score (nSPS) is 10.6. The molecule has 3 aromatic carbocycles. The SMILES string of the molecule is COc1cccc(CNc2ccc(C)c(Cl)c2)c1OCc1c(F)cccc1Cl. The lowest BCUT2D eigenvalue weighted by atomic mass is 10.1. The van der Waals surface area contributed by atoms with E-state index in [-0.39, 0.29) is 6.61 Å². The molecule has 0 spiro atoms. The first-order valence-corrected chi connectivity index (χ1v) is 9.46. The van der Waals surface area contributed by atoms with Gasteiger partial charge in [0.25, 0.3) is 0 Å². The molecule has 0 amide bonds. The van der Waals surface area contributed by atoms with Crippen LogP contribution in [0.4, 0.5) is 10.1 Å². The molecule has 3 nitrogen and oxygen atoms in total. The Bertz CT molecular complexity index is 958. The molecule has 0 aliphatic carbocycles. The van der Waals surface area contributed by atoms with E-state index >= 15 is 0 Å². The van der Waals surface area contributed by atoms with Crippen LogP contribution < -0.4 is 14.8 Å². The molecule has 0 aromatic heterocycles. The number of hydrogen-bond acceptors (Lipinski definition) is 3. The van der Waals surface area contributed by atoms with Gasteiger partial charge < -0.3 is 14.8 Å². The largest absolute Gasteiger partial charge is 0.493 e. The Balaban J connectivity index is 1.81. The second-order valence-corrected chi connectivity index (χ2v) is 7.07. The number of methoxy groups -OCH3 is 1. The molecule has 146 valence electrons. The van der Waals surface area contributed by atoms with Crippen molar-refractivity contribution in [2.75, 3.05) is 12.4 Å². The molecule has 0 aliphatic rings. The average molecular weight is 420 g/mol.